The molecule has 2 rings (SSSR count). The molecule has 0 radical (unpaired) electrons. The van der Waals surface area contributed by atoms with E-state index in [1.54, 1.807) is 6.07 Å². The van der Waals surface area contributed by atoms with Crippen molar-refractivity contribution in [1.29, 1.82) is 0 Å². The number of nitrogens with one attached hydrogen (secondary N) is 2. The van der Waals surface area contributed by atoms with E-state index < -0.39 is 10.0 Å². The van der Waals surface area contributed by atoms with E-state index >= 15 is 0 Å². The fourth-order valence-corrected chi connectivity index (χ4v) is 2.20. The summed E-state index contributed by atoms with van der Waals surface area (Å²) in [6.45, 7) is 3.89. The van der Waals surface area contributed by atoms with Gasteiger partial charge in [-0.3, -0.25) is 4.72 Å². The van der Waals surface area contributed by atoms with Crippen molar-refractivity contribution in [3.05, 3.63) is 36.4 Å². The molecular weight excluding hydrogens is 304 g/mol. The average Bonchev–Trinajstić information content (AvgIpc) is 2.41. The van der Waals surface area contributed by atoms with Crippen LogP contribution in [0.3, 0.4) is 0 Å². The molecule has 0 unspecified atom stereocenters. The number of hydrogen-bond donors (Lipinski definition) is 2. The second kappa shape index (κ2) is 6.61. The molecule has 0 amide bonds. The zero-order chi connectivity index (χ0) is 16.2. The molecule has 0 aliphatic carbocycles. The predicted molar refractivity (Wildman–Crippen MR) is 86.0 cm³/mol. The molecule has 0 saturated heterocycles. The fourth-order valence-electron chi connectivity index (χ4n) is 1.71. The number of nitrogens with zero attached hydrogens (tertiary/aromatic N) is 2. The molecule has 8 heteroatoms. The molecule has 7 nitrogen and oxygen atoms in total. The highest BCUT2D eigenvalue weighted by molar-refractivity contribution is 7.92. The van der Waals surface area contributed by atoms with Crippen LogP contribution in [0.1, 0.15) is 13.8 Å². The van der Waals surface area contributed by atoms with Crippen LogP contribution in [0.2, 0.25) is 0 Å². The molecular formula is C14H18N4O3S. The summed E-state index contributed by atoms with van der Waals surface area (Å²) >= 11 is 0. The molecule has 118 valence electrons. The van der Waals surface area contributed by atoms with E-state index in [2.05, 4.69) is 20.2 Å². The molecule has 22 heavy (non-hydrogen) atoms. The summed E-state index contributed by atoms with van der Waals surface area (Å²) < 4.78 is 30.2. The van der Waals surface area contributed by atoms with Crippen molar-refractivity contribution >= 4 is 27.3 Å². The maximum Gasteiger partial charge on any atom is 0.231 e. The van der Waals surface area contributed by atoms with Gasteiger partial charge in [0.05, 0.1) is 18.0 Å². The van der Waals surface area contributed by atoms with Crippen LogP contribution < -0.4 is 14.8 Å². The van der Waals surface area contributed by atoms with Gasteiger partial charge in [0.15, 0.2) is 11.6 Å². The third kappa shape index (κ3) is 4.88. The number of para-hydroxylation sites is 2. The molecule has 0 aliphatic heterocycles. The molecule has 2 aromatic rings. The van der Waals surface area contributed by atoms with Crippen LogP contribution in [0.25, 0.3) is 0 Å². The van der Waals surface area contributed by atoms with Crippen LogP contribution in [0.15, 0.2) is 36.4 Å². The Bertz CT molecular complexity index is 730. The third-order valence-corrected chi connectivity index (χ3v) is 3.05. The summed E-state index contributed by atoms with van der Waals surface area (Å²) in [6.07, 6.45) is 1.11. The summed E-state index contributed by atoms with van der Waals surface area (Å²) in [5.74, 6) is 1.36. The maximum atomic E-state index is 11.1. The first kappa shape index (κ1) is 16.0. The summed E-state index contributed by atoms with van der Waals surface area (Å²) in [5.41, 5.74) is 0.759. The number of ether oxygens (including phenoxy) is 1. The molecule has 0 fully saturated rings. The Labute approximate surface area is 129 Å². The predicted octanol–water partition coefficient (Wildman–Crippen LogP) is 2.38. The molecule has 1 aromatic heterocycles. The summed E-state index contributed by atoms with van der Waals surface area (Å²) in [7, 11) is -3.36. The van der Waals surface area contributed by atoms with E-state index in [0.29, 0.717) is 11.6 Å². The maximum absolute atomic E-state index is 11.1. The minimum atomic E-state index is -3.36. The van der Waals surface area contributed by atoms with Gasteiger partial charge < -0.3 is 10.1 Å². The first-order chi connectivity index (χ1) is 10.3. The Balaban J connectivity index is 2.14. The largest absolute Gasteiger partial charge is 0.489 e. The van der Waals surface area contributed by atoms with Gasteiger partial charge in [-0.25, -0.2) is 8.42 Å². The monoisotopic (exact) mass is 322 g/mol. The van der Waals surface area contributed by atoms with Gasteiger partial charge in [-0.1, -0.05) is 12.1 Å². The number of anilines is 3. The van der Waals surface area contributed by atoms with Crippen LogP contribution in [-0.4, -0.2) is 31.0 Å². The van der Waals surface area contributed by atoms with Gasteiger partial charge in [0, 0.05) is 0 Å². The van der Waals surface area contributed by atoms with Gasteiger partial charge in [-0.2, -0.15) is 0 Å². The number of rotatable bonds is 6. The Hall–Kier alpha value is -2.35. The second-order valence-corrected chi connectivity index (χ2v) is 6.71. The average molecular weight is 322 g/mol. The Morgan fingerprint density at radius 2 is 1.68 bits per heavy atom. The van der Waals surface area contributed by atoms with E-state index in [4.69, 9.17) is 4.74 Å². The van der Waals surface area contributed by atoms with Crippen molar-refractivity contribution in [3.63, 3.8) is 0 Å². The SMILES string of the molecule is CC(C)Oc1ccccc1Nc1ccc(NS(C)(=O)=O)nn1. The van der Waals surface area contributed by atoms with Crippen molar-refractivity contribution in [2.45, 2.75) is 20.0 Å². The van der Waals surface area contributed by atoms with E-state index in [-0.39, 0.29) is 11.9 Å². The zero-order valence-corrected chi connectivity index (χ0v) is 13.4. The number of hydrogen-bond acceptors (Lipinski definition) is 6. The first-order valence-corrected chi connectivity index (χ1v) is 8.57. The lowest BCUT2D eigenvalue weighted by Crippen LogP contribution is -2.11. The Morgan fingerprint density at radius 1 is 1.05 bits per heavy atom. The van der Waals surface area contributed by atoms with Crippen LogP contribution in [0.4, 0.5) is 17.3 Å². The Kier molecular flexibility index (Phi) is 4.81. The highest BCUT2D eigenvalue weighted by Crippen LogP contribution is 2.27. The van der Waals surface area contributed by atoms with Crippen molar-refractivity contribution in [2.24, 2.45) is 0 Å². The second-order valence-electron chi connectivity index (χ2n) is 4.97. The fraction of sp³-hybridized carbons (Fsp3) is 0.286. The van der Waals surface area contributed by atoms with Crippen LogP contribution in [-0.2, 0) is 10.0 Å². The van der Waals surface area contributed by atoms with E-state index in [1.165, 1.54) is 6.07 Å². The normalized spacial score (nSPS) is 11.3. The van der Waals surface area contributed by atoms with Gasteiger partial charge in [-0.05, 0) is 38.1 Å². The number of benzene rings is 1. The number of aromatic nitrogens is 2. The molecule has 0 spiro atoms. The van der Waals surface area contributed by atoms with Crippen molar-refractivity contribution in [3.8, 4) is 5.75 Å². The van der Waals surface area contributed by atoms with Crippen LogP contribution >= 0.6 is 0 Å². The third-order valence-electron chi connectivity index (χ3n) is 2.47. The molecule has 2 N–H and O–H groups in total. The zero-order valence-electron chi connectivity index (χ0n) is 12.6. The molecule has 0 saturated carbocycles. The Morgan fingerprint density at radius 3 is 2.27 bits per heavy atom. The topological polar surface area (TPSA) is 93.2 Å². The van der Waals surface area contributed by atoms with Crippen LogP contribution in [0, 0.1) is 0 Å². The lowest BCUT2D eigenvalue weighted by atomic mass is 10.3. The van der Waals surface area contributed by atoms with Gasteiger partial charge in [-0.15, -0.1) is 10.2 Å². The molecule has 1 aromatic carbocycles. The molecule has 0 aliphatic rings. The molecule has 0 atom stereocenters. The summed E-state index contributed by atoms with van der Waals surface area (Å²) in [4.78, 5) is 0. The summed E-state index contributed by atoms with van der Waals surface area (Å²) in [6, 6.07) is 10.6. The molecule has 0 bridgehead atoms. The van der Waals surface area contributed by atoms with E-state index in [0.717, 1.165) is 11.9 Å². The minimum Gasteiger partial charge on any atom is -0.489 e. The van der Waals surface area contributed by atoms with Crippen molar-refractivity contribution < 1.29 is 13.2 Å². The lowest BCUT2D eigenvalue weighted by Gasteiger charge is -2.14. The van der Waals surface area contributed by atoms with Gasteiger partial charge in [0.2, 0.25) is 10.0 Å². The highest BCUT2D eigenvalue weighted by Gasteiger charge is 2.07. The van der Waals surface area contributed by atoms with Gasteiger partial charge in [0.1, 0.15) is 5.75 Å². The standard InChI is InChI=1S/C14H18N4O3S/c1-10(2)21-12-7-5-4-6-11(12)15-13-8-9-14(17-16-13)18-22(3,19)20/h4-10H,1-3H3,(H,15,16)(H,17,18). The van der Waals surface area contributed by atoms with Gasteiger partial charge in [0.25, 0.3) is 0 Å². The highest BCUT2D eigenvalue weighted by atomic mass is 32.2. The van der Waals surface area contributed by atoms with Crippen molar-refractivity contribution in [1.82, 2.24) is 10.2 Å². The number of sulfonamides is 1. The minimum absolute atomic E-state index is 0.0513. The smallest absolute Gasteiger partial charge is 0.231 e. The first-order valence-electron chi connectivity index (χ1n) is 6.68. The lowest BCUT2D eigenvalue weighted by molar-refractivity contribution is 0.244. The molecule has 1 heterocycles. The van der Waals surface area contributed by atoms with Crippen molar-refractivity contribution in [2.75, 3.05) is 16.3 Å². The quantitative estimate of drug-likeness (QED) is 0.848. The van der Waals surface area contributed by atoms with Gasteiger partial charge >= 0.3 is 0 Å². The van der Waals surface area contributed by atoms with E-state index in [9.17, 15) is 8.42 Å². The summed E-state index contributed by atoms with van der Waals surface area (Å²) in [5, 5.41) is 10.8. The van der Waals surface area contributed by atoms with E-state index in [1.807, 2.05) is 38.1 Å². The van der Waals surface area contributed by atoms with Crippen LogP contribution in [0.5, 0.6) is 5.75 Å².